The van der Waals surface area contributed by atoms with E-state index in [4.69, 9.17) is 5.10 Å². The SMILES string of the molecule is Cc1nn(C2CCCCC2)c2sc(C(=O)NC3CCC(N4CCCN(C(=O)O)CC4)CC3)cc12. The Labute approximate surface area is 205 Å². The molecule has 34 heavy (non-hydrogen) atoms. The van der Waals surface area contributed by atoms with Crippen LogP contribution in [-0.2, 0) is 0 Å². The highest BCUT2D eigenvalue weighted by atomic mass is 32.1. The van der Waals surface area contributed by atoms with E-state index in [1.165, 1.54) is 37.0 Å². The normalized spacial score (nSPS) is 25.4. The van der Waals surface area contributed by atoms with Crippen LogP contribution in [0, 0.1) is 6.92 Å². The van der Waals surface area contributed by atoms with Crippen molar-refractivity contribution in [3.8, 4) is 0 Å². The summed E-state index contributed by atoms with van der Waals surface area (Å²) in [5.74, 6) is 0.0473. The number of carbonyl (C=O) groups excluding carboxylic acids is 1. The van der Waals surface area contributed by atoms with E-state index in [9.17, 15) is 14.7 Å². The number of hydrogen-bond donors (Lipinski definition) is 2. The summed E-state index contributed by atoms with van der Waals surface area (Å²) in [5, 5.41) is 18.5. The highest BCUT2D eigenvalue weighted by Crippen LogP contribution is 2.35. The third-order valence-corrected chi connectivity index (χ3v) is 9.19. The predicted octanol–water partition coefficient (Wildman–Crippen LogP) is 4.64. The van der Waals surface area contributed by atoms with Crippen molar-refractivity contribution in [2.75, 3.05) is 26.2 Å². The average Bonchev–Trinajstić information content (AvgIpc) is 3.31. The zero-order valence-corrected chi connectivity index (χ0v) is 21.0. The van der Waals surface area contributed by atoms with E-state index >= 15 is 0 Å². The minimum Gasteiger partial charge on any atom is -0.465 e. The summed E-state index contributed by atoms with van der Waals surface area (Å²) < 4.78 is 2.20. The van der Waals surface area contributed by atoms with Crippen molar-refractivity contribution < 1.29 is 14.7 Å². The lowest BCUT2D eigenvalue weighted by atomic mass is 9.90. The second kappa shape index (κ2) is 10.2. The van der Waals surface area contributed by atoms with E-state index in [2.05, 4.69) is 21.8 Å². The smallest absolute Gasteiger partial charge is 0.407 e. The first kappa shape index (κ1) is 23.6. The monoisotopic (exact) mass is 487 g/mol. The van der Waals surface area contributed by atoms with Gasteiger partial charge < -0.3 is 15.3 Å². The van der Waals surface area contributed by atoms with Gasteiger partial charge in [-0.15, -0.1) is 11.3 Å². The fourth-order valence-corrected chi connectivity index (χ4v) is 7.23. The Hall–Kier alpha value is -2.13. The molecule has 2 aromatic heterocycles. The molecule has 0 aromatic carbocycles. The van der Waals surface area contributed by atoms with E-state index in [0.717, 1.165) is 66.0 Å². The summed E-state index contributed by atoms with van der Waals surface area (Å²) in [6, 6.07) is 3.22. The molecule has 3 aliphatic rings. The molecule has 5 rings (SSSR count). The number of aryl methyl sites for hydroxylation is 1. The maximum atomic E-state index is 13.1. The van der Waals surface area contributed by atoms with Crippen LogP contribution in [0.4, 0.5) is 4.79 Å². The van der Waals surface area contributed by atoms with Crippen LogP contribution in [0.2, 0.25) is 0 Å². The number of carboxylic acid groups (broad SMARTS) is 1. The Bertz CT molecular complexity index is 1020. The van der Waals surface area contributed by atoms with Crippen LogP contribution in [0.15, 0.2) is 6.07 Å². The second-order valence-electron chi connectivity index (χ2n) is 10.3. The lowest BCUT2D eigenvalue weighted by Gasteiger charge is -2.36. The molecule has 8 nitrogen and oxygen atoms in total. The van der Waals surface area contributed by atoms with Gasteiger partial charge in [0.1, 0.15) is 4.83 Å². The van der Waals surface area contributed by atoms with Crippen molar-refractivity contribution >= 4 is 33.6 Å². The van der Waals surface area contributed by atoms with Crippen LogP contribution in [0.5, 0.6) is 0 Å². The van der Waals surface area contributed by atoms with E-state index in [1.54, 1.807) is 11.3 Å². The van der Waals surface area contributed by atoms with Gasteiger partial charge in [0.2, 0.25) is 0 Å². The van der Waals surface area contributed by atoms with Gasteiger partial charge in [-0.25, -0.2) is 4.79 Å². The highest BCUT2D eigenvalue weighted by molar-refractivity contribution is 7.20. The number of aromatic nitrogens is 2. The zero-order chi connectivity index (χ0) is 23.7. The molecule has 0 bridgehead atoms. The van der Waals surface area contributed by atoms with Crippen LogP contribution in [0.25, 0.3) is 10.2 Å². The zero-order valence-electron chi connectivity index (χ0n) is 20.2. The molecule has 2 aromatic rings. The van der Waals surface area contributed by atoms with Gasteiger partial charge in [0.15, 0.2) is 0 Å². The van der Waals surface area contributed by atoms with E-state index in [1.807, 2.05) is 6.07 Å². The largest absolute Gasteiger partial charge is 0.465 e. The standard InChI is InChI=1S/C25H37N5O3S/c1-17-21-16-22(34-24(21)30(27-17)20-6-3-2-4-7-20)23(31)26-18-8-10-19(11-9-18)28-12-5-13-29(15-14-28)25(32)33/h16,18-20H,2-15H2,1H3,(H,26,31)(H,32,33). The molecular formula is C25H37N5O3S. The minimum atomic E-state index is -0.809. The number of nitrogens with one attached hydrogen (secondary N) is 1. The van der Waals surface area contributed by atoms with Gasteiger partial charge in [0.25, 0.3) is 5.91 Å². The Morgan fingerprint density at radius 3 is 2.47 bits per heavy atom. The molecule has 1 aliphatic heterocycles. The number of rotatable bonds is 4. The number of fused-ring (bicyclic) bond motifs is 1. The molecule has 2 amide bonds. The number of hydrogen-bond acceptors (Lipinski definition) is 5. The number of nitrogens with zero attached hydrogens (tertiary/aromatic N) is 4. The molecule has 2 N–H and O–H groups in total. The Balaban J connectivity index is 1.17. The van der Waals surface area contributed by atoms with E-state index in [-0.39, 0.29) is 11.9 Å². The maximum absolute atomic E-state index is 13.1. The third-order valence-electron chi connectivity index (χ3n) is 8.06. The van der Waals surface area contributed by atoms with Gasteiger partial charge in [-0.2, -0.15) is 5.10 Å². The lowest BCUT2D eigenvalue weighted by Crippen LogP contribution is -2.45. The summed E-state index contributed by atoms with van der Waals surface area (Å²) in [6.45, 7) is 5.05. The van der Waals surface area contributed by atoms with Crippen LogP contribution < -0.4 is 5.32 Å². The quantitative estimate of drug-likeness (QED) is 0.656. The molecule has 0 unspecified atom stereocenters. The summed E-state index contributed by atoms with van der Waals surface area (Å²) >= 11 is 1.59. The fraction of sp³-hybridized carbons (Fsp3) is 0.720. The summed E-state index contributed by atoms with van der Waals surface area (Å²) in [6.07, 6.45) is 10.4. The first-order chi connectivity index (χ1) is 16.5. The summed E-state index contributed by atoms with van der Waals surface area (Å²) in [4.78, 5) is 30.3. The summed E-state index contributed by atoms with van der Waals surface area (Å²) in [5.41, 5.74) is 1.02. The maximum Gasteiger partial charge on any atom is 0.407 e. The van der Waals surface area contributed by atoms with Crippen molar-refractivity contribution in [1.82, 2.24) is 24.9 Å². The van der Waals surface area contributed by atoms with Crippen LogP contribution in [0.3, 0.4) is 0 Å². The van der Waals surface area contributed by atoms with Crippen LogP contribution >= 0.6 is 11.3 Å². The topological polar surface area (TPSA) is 90.7 Å². The highest BCUT2D eigenvalue weighted by Gasteiger charge is 2.29. The average molecular weight is 488 g/mol. The van der Waals surface area contributed by atoms with Crippen molar-refractivity contribution in [3.05, 3.63) is 16.6 Å². The Kier molecular flexibility index (Phi) is 7.11. The van der Waals surface area contributed by atoms with E-state index in [0.29, 0.717) is 25.2 Å². The lowest BCUT2D eigenvalue weighted by molar-refractivity contribution is 0.0908. The van der Waals surface area contributed by atoms with Crippen LogP contribution in [-0.4, -0.2) is 74.9 Å². The molecule has 186 valence electrons. The molecule has 2 aliphatic carbocycles. The number of carbonyl (C=O) groups is 2. The van der Waals surface area contributed by atoms with Crippen molar-refractivity contribution in [1.29, 1.82) is 0 Å². The Morgan fingerprint density at radius 2 is 1.74 bits per heavy atom. The Morgan fingerprint density at radius 1 is 0.971 bits per heavy atom. The van der Waals surface area contributed by atoms with Gasteiger partial charge in [0.05, 0.1) is 16.6 Å². The molecular weight excluding hydrogens is 450 g/mol. The molecule has 0 spiro atoms. The van der Waals surface area contributed by atoms with Gasteiger partial charge in [-0.05, 0) is 57.9 Å². The molecule has 9 heteroatoms. The first-order valence-electron chi connectivity index (χ1n) is 13.0. The van der Waals surface area contributed by atoms with E-state index < -0.39 is 6.09 Å². The summed E-state index contributed by atoms with van der Waals surface area (Å²) in [7, 11) is 0. The predicted molar refractivity (Wildman–Crippen MR) is 134 cm³/mol. The third kappa shape index (κ3) is 4.96. The number of thiophene rings is 1. The van der Waals surface area contributed by atoms with Crippen molar-refractivity contribution in [3.63, 3.8) is 0 Å². The first-order valence-corrected chi connectivity index (χ1v) is 13.8. The molecule has 1 saturated heterocycles. The molecule has 3 heterocycles. The molecule has 2 saturated carbocycles. The van der Waals surface area contributed by atoms with Gasteiger partial charge in [0, 0.05) is 43.6 Å². The van der Waals surface area contributed by atoms with Crippen LogP contribution in [0.1, 0.15) is 85.6 Å². The van der Waals surface area contributed by atoms with Crippen molar-refractivity contribution in [2.24, 2.45) is 0 Å². The van der Waals surface area contributed by atoms with Gasteiger partial charge in [-0.3, -0.25) is 14.4 Å². The van der Waals surface area contributed by atoms with Gasteiger partial charge in [-0.1, -0.05) is 19.3 Å². The minimum absolute atomic E-state index is 0.0473. The second-order valence-corrected chi connectivity index (χ2v) is 11.3. The molecule has 0 atom stereocenters. The fourth-order valence-electron chi connectivity index (χ4n) is 6.09. The van der Waals surface area contributed by atoms with Gasteiger partial charge >= 0.3 is 6.09 Å². The molecule has 0 radical (unpaired) electrons. The number of amides is 2. The van der Waals surface area contributed by atoms with Crippen molar-refractivity contribution in [2.45, 2.75) is 89.3 Å². The molecule has 3 fully saturated rings.